The first kappa shape index (κ1) is 52.8. The third kappa shape index (κ3) is 9.91. The number of halogens is 2. The summed E-state index contributed by atoms with van der Waals surface area (Å²) in [5.74, 6) is -1.47. The lowest BCUT2D eigenvalue weighted by Gasteiger charge is -2.38. The number of nitrogens with zero attached hydrogens (tertiary/aromatic N) is 8. The molecule has 6 saturated heterocycles. The van der Waals surface area contributed by atoms with E-state index in [1.54, 1.807) is 47.7 Å². The molecule has 20 heteroatoms. The van der Waals surface area contributed by atoms with Gasteiger partial charge >= 0.3 is 17.8 Å². The van der Waals surface area contributed by atoms with Crippen LogP contribution in [0.3, 0.4) is 0 Å². The number of ether oxygens (including phenoxy) is 3. The first-order valence-electron chi connectivity index (χ1n) is 28.3. The van der Waals surface area contributed by atoms with Gasteiger partial charge in [0.2, 0.25) is 11.8 Å². The number of amides is 3. The van der Waals surface area contributed by atoms with Gasteiger partial charge in [0.05, 0.1) is 34.4 Å². The Bertz CT molecular complexity index is 3440. The molecule has 4 aromatic carbocycles. The average molecular weight is 1090 g/mol. The van der Waals surface area contributed by atoms with Crippen LogP contribution in [0.2, 0.25) is 0 Å². The Hall–Kier alpha value is -6.90. The van der Waals surface area contributed by atoms with Crippen molar-refractivity contribution in [3.8, 4) is 22.9 Å². The van der Waals surface area contributed by atoms with Gasteiger partial charge in [-0.1, -0.05) is 19.1 Å². The first-order valence-corrected chi connectivity index (χ1v) is 28.3. The Morgan fingerprint density at radius 3 is 2.37 bits per heavy atom. The molecule has 1 unspecified atom stereocenters. The molecule has 79 heavy (non-hydrogen) atoms. The van der Waals surface area contributed by atoms with Crippen LogP contribution >= 0.6 is 0 Å². The van der Waals surface area contributed by atoms with Crippen molar-refractivity contribution >= 4 is 62.1 Å². The number of aromatic hydroxyl groups is 1. The summed E-state index contributed by atoms with van der Waals surface area (Å²) in [5.41, 5.74) is 1.68. The van der Waals surface area contributed by atoms with Gasteiger partial charge in [-0.25, -0.2) is 18.4 Å². The number of aryl methyl sites for hydroxylation is 2. The number of hydrogen-bond donors (Lipinski definition) is 3. The molecule has 0 aliphatic carbocycles. The number of carbonyl (C=O) groups is 3. The number of likely N-dealkylation sites (tertiary alicyclic amines) is 1. The summed E-state index contributed by atoms with van der Waals surface area (Å²) >= 11 is 0. The highest BCUT2D eigenvalue weighted by Gasteiger charge is 2.50. The van der Waals surface area contributed by atoms with Gasteiger partial charge in [-0.05, 0) is 155 Å². The minimum atomic E-state index is -0.988. The summed E-state index contributed by atoms with van der Waals surface area (Å²) in [6.07, 6.45) is 8.46. The number of benzene rings is 4. The fraction of sp³-hybridized carbons (Fsp3) is 0.525. The Labute approximate surface area is 456 Å². The number of aliphatic hydroxyl groups is 1. The van der Waals surface area contributed by atoms with E-state index in [4.69, 9.17) is 24.2 Å². The highest BCUT2D eigenvalue weighted by atomic mass is 19.1. The molecule has 3 N–H and O–H groups in total. The zero-order chi connectivity index (χ0) is 54.9. The molecule has 0 bridgehead atoms. The summed E-state index contributed by atoms with van der Waals surface area (Å²) in [4.78, 5) is 69.4. The van der Waals surface area contributed by atoms with Gasteiger partial charge in [-0.3, -0.25) is 28.9 Å². The number of fused-ring (bicyclic) bond motifs is 4. The number of phenolic OH excluding ortho intramolecular Hbond substituents is 1. The smallest absolute Gasteiger partial charge is 0.409 e. The van der Waals surface area contributed by atoms with E-state index in [1.807, 2.05) is 30.0 Å². The van der Waals surface area contributed by atoms with Crippen molar-refractivity contribution in [1.82, 2.24) is 34.2 Å². The van der Waals surface area contributed by atoms with Crippen LogP contribution in [0.1, 0.15) is 103 Å². The van der Waals surface area contributed by atoms with E-state index in [2.05, 4.69) is 15.1 Å². The number of piperidine rings is 4. The van der Waals surface area contributed by atoms with Crippen molar-refractivity contribution in [2.45, 2.75) is 133 Å². The van der Waals surface area contributed by atoms with Crippen molar-refractivity contribution in [3.05, 3.63) is 82.3 Å². The second-order valence-electron chi connectivity index (χ2n) is 23.1. The Morgan fingerprint density at radius 2 is 1.61 bits per heavy atom. The van der Waals surface area contributed by atoms with Gasteiger partial charge in [-0.15, -0.1) is 0 Å². The predicted molar refractivity (Wildman–Crippen MR) is 294 cm³/mol. The number of aromatic nitrogens is 4. The van der Waals surface area contributed by atoms with E-state index >= 15 is 8.78 Å². The number of hydrogen-bond acceptors (Lipinski definition) is 14. The molecule has 0 spiro atoms. The first-order chi connectivity index (χ1) is 38.1. The van der Waals surface area contributed by atoms with Crippen molar-refractivity contribution < 1.29 is 47.6 Å². The fourth-order valence-electron chi connectivity index (χ4n) is 13.8. The molecule has 8 heterocycles. The lowest BCUT2D eigenvalue weighted by molar-refractivity contribution is -0.135. The van der Waals surface area contributed by atoms with E-state index in [-0.39, 0.29) is 96.9 Å². The Morgan fingerprint density at radius 1 is 0.835 bits per heavy atom. The van der Waals surface area contributed by atoms with Crippen LogP contribution in [-0.4, -0.2) is 145 Å². The van der Waals surface area contributed by atoms with E-state index in [9.17, 15) is 29.4 Å². The van der Waals surface area contributed by atoms with E-state index < -0.39 is 29.2 Å². The molecular formula is C59H69F2N9O9. The second kappa shape index (κ2) is 21.0. The van der Waals surface area contributed by atoms with Crippen LogP contribution in [-0.2, 0) is 32.5 Å². The third-order valence-corrected chi connectivity index (χ3v) is 17.9. The minimum absolute atomic E-state index is 0.00406. The SMILES string of the molecule is CCc1c(F)ccc2cc(O)cc(-c3ccc4c(N5CCC[C@@](C)(O)C5)nc(OC[C@@]56CCCN5[C@H](COC(=O)N5CCC(OC7CCN(c8ccc9c(c8)n(C)c(=O)n9C8CCC(=O)NC8=O)CC7)CC5)CC6)nc4c3F)c12. The fourth-order valence-corrected chi connectivity index (χ4v) is 13.8. The van der Waals surface area contributed by atoms with E-state index in [0.29, 0.717) is 90.4 Å². The topological polar surface area (TPSA) is 197 Å². The number of β-amino-alcohol motifs (C(OH)–C–C–N with tert-alkyl or cyclic N) is 1. The molecule has 6 aliphatic heterocycles. The van der Waals surface area contributed by atoms with Gasteiger partial charge in [0.25, 0.3) is 0 Å². The molecule has 3 amide bonds. The molecule has 0 saturated carbocycles. The number of rotatable bonds is 12. The van der Waals surface area contributed by atoms with Crippen LogP contribution in [0.15, 0.2) is 59.4 Å². The van der Waals surface area contributed by atoms with Crippen molar-refractivity contribution in [3.63, 3.8) is 0 Å². The summed E-state index contributed by atoms with van der Waals surface area (Å²) in [5, 5.41) is 25.9. The highest BCUT2D eigenvalue weighted by Crippen LogP contribution is 2.45. The van der Waals surface area contributed by atoms with Crippen LogP contribution in [0, 0.1) is 11.6 Å². The maximum absolute atomic E-state index is 17.3. The standard InChI is InChI=1S/C59H69F2N9O9/c1-4-41-45(60)11-7-35-29-38(71)31-44(50(35)41)42-9-10-43-52(51(42)61)63-55(64-53(43)68-23-5-20-58(2,76)33-68)78-34-59-21-6-24-69(59)37(15-22-59)32-77-57(75)67-27-18-40(19-28-67)79-39-16-25-66(26-17-39)36-8-12-46-48(30-36)65(3)56(74)70(46)47-13-14-49(72)62-54(47)73/h7-12,29-31,37,39-40,47,71,76H,4-6,13-28,32-34H2,1-3H3,(H,62,72,73)/t37-,47?,58+,59-/m0/s1. The quantitative estimate of drug-likeness (QED) is 0.101. The lowest BCUT2D eigenvalue weighted by Crippen LogP contribution is -2.49. The molecule has 18 nitrogen and oxygen atoms in total. The number of anilines is 2. The summed E-state index contributed by atoms with van der Waals surface area (Å²) < 4.78 is 54.9. The molecule has 2 aromatic heterocycles. The highest BCUT2D eigenvalue weighted by molar-refractivity contribution is 6.03. The molecule has 6 aliphatic rings. The number of nitrogens with one attached hydrogen (secondary N) is 1. The number of imidazole rings is 1. The minimum Gasteiger partial charge on any atom is -0.508 e. The maximum atomic E-state index is 17.3. The predicted octanol–water partition coefficient (Wildman–Crippen LogP) is 7.64. The maximum Gasteiger partial charge on any atom is 0.409 e. The second-order valence-corrected chi connectivity index (χ2v) is 23.1. The summed E-state index contributed by atoms with van der Waals surface area (Å²) in [7, 11) is 1.70. The van der Waals surface area contributed by atoms with E-state index in [0.717, 1.165) is 69.4 Å². The van der Waals surface area contributed by atoms with Crippen LogP contribution < -0.4 is 25.5 Å². The molecule has 4 atom stereocenters. The zero-order valence-corrected chi connectivity index (χ0v) is 45.1. The largest absolute Gasteiger partial charge is 0.508 e. The average Bonchev–Trinajstić information content (AvgIpc) is 4.32. The molecule has 6 fully saturated rings. The molecule has 12 rings (SSSR count). The zero-order valence-electron chi connectivity index (χ0n) is 45.1. The van der Waals surface area contributed by atoms with Crippen LogP contribution in [0.4, 0.5) is 25.1 Å². The van der Waals surface area contributed by atoms with Crippen molar-refractivity contribution in [2.24, 2.45) is 7.05 Å². The van der Waals surface area contributed by atoms with Crippen LogP contribution in [0.5, 0.6) is 11.8 Å². The number of phenols is 1. The van der Waals surface area contributed by atoms with Gasteiger partial charge in [0.1, 0.15) is 42.2 Å². The Kier molecular flexibility index (Phi) is 14.0. The summed E-state index contributed by atoms with van der Waals surface area (Å²) in [6.45, 7) is 8.44. The third-order valence-electron chi connectivity index (χ3n) is 17.9. The van der Waals surface area contributed by atoms with Crippen molar-refractivity contribution in [2.75, 3.05) is 68.8 Å². The normalized spacial score (nSPS) is 24.5. The molecular weight excluding hydrogens is 1020 g/mol. The lowest BCUT2D eigenvalue weighted by atomic mass is 9.92. The van der Waals surface area contributed by atoms with Crippen LogP contribution in [0.25, 0.3) is 43.8 Å². The molecule has 0 radical (unpaired) electrons. The Balaban J connectivity index is 0.664. The molecule has 418 valence electrons. The number of carbonyl (C=O) groups excluding carboxylic acids is 3. The van der Waals surface area contributed by atoms with Gasteiger partial charge in [0, 0.05) is 75.4 Å². The van der Waals surface area contributed by atoms with Gasteiger partial charge in [-0.2, -0.15) is 9.97 Å². The van der Waals surface area contributed by atoms with E-state index in [1.165, 1.54) is 16.7 Å². The molecule has 6 aromatic rings. The monoisotopic (exact) mass is 1090 g/mol. The van der Waals surface area contributed by atoms with Gasteiger partial charge < -0.3 is 39.1 Å². The summed E-state index contributed by atoms with van der Waals surface area (Å²) in [6, 6.07) is 14.5. The van der Waals surface area contributed by atoms with Gasteiger partial charge in [0.15, 0.2) is 5.82 Å². The number of imide groups is 1. The van der Waals surface area contributed by atoms with Crippen molar-refractivity contribution in [1.29, 1.82) is 0 Å².